The van der Waals surface area contributed by atoms with Crippen molar-refractivity contribution in [3.05, 3.63) is 64.3 Å². The number of nitrogens with one attached hydrogen (secondary N) is 2. The monoisotopic (exact) mass is 811 g/mol. The van der Waals surface area contributed by atoms with Crippen LogP contribution in [0.15, 0.2) is 58.2 Å². The summed E-state index contributed by atoms with van der Waals surface area (Å²) in [4.78, 5) is 64.4. The highest BCUT2D eigenvalue weighted by atomic mass is 127. The second kappa shape index (κ2) is 16.6. The van der Waals surface area contributed by atoms with Crippen molar-refractivity contribution in [1.82, 2.24) is 15.2 Å². The lowest BCUT2D eigenvalue weighted by molar-refractivity contribution is -0.167. The van der Waals surface area contributed by atoms with E-state index in [1.807, 2.05) is 19.1 Å². The SMILES string of the molecule is CCNc1nc(/C(=N/O[C@@H](C)C(=O)OC(C)(C)C)C(=O)N[C@@H]2C(=O)N3C(C(=O)OCc4ccc(OC)cc4)=C(/C=C/CI)CSC23)cs1. The standard InChI is InChI=1S/C32H38IN5O8S2/c1-7-34-31-35-22(17-48-31)23(37-46-18(2)29(41)45-32(3,4)5)26(39)36-24-27(40)38-25(20(9-8-14-33)16-47-28(24)38)30(42)44-15-19-10-12-21(43-6)13-11-19/h8-13,17-18,24,28H,7,14-16H2,1-6H3,(H,34,35)(H,36,39)/b9-8+,37-23-/t18-,24+,28?/m0/s1. The van der Waals surface area contributed by atoms with Crippen LogP contribution in [0.25, 0.3) is 0 Å². The third-order valence-electron chi connectivity index (χ3n) is 6.75. The maximum atomic E-state index is 13.7. The molecule has 0 aliphatic carbocycles. The van der Waals surface area contributed by atoms with Gasteiger partial charge < -0.3 is 29.7 Å². The van der Waals surface area contributed by atoms with E-state index in [9.17, 15) is 19.2 Å². The quantitative estimate of drug-likeness (QED) is 0.0696. The van der Waals surface area contributed by atoms with Crippen molar-refractivity contribution in [2.75, 3.05) is 29.2 Å². The number of ether oxygens (including phenoxy) is 3. The van der Waals surface area contributed by atoms with Gasteiger partial charge in [-0.15, -0.1) is 23.1 Å². The molecule has 1 unspecified atom stereocenters. The van der Waals surface area contributed by atoms with Crippen LogP contribution in [0.3, 0.4) is 0 Å². The molecular weight excluding hydrogens is 773 g/mol. The molecule has 2 aliphatic rings. The van der Waals surface area contributed by atoms with E-state index in [2.05, 4.69) is 43.4 Å². The van der Waals surface area contributed by atoms with Crippen LogP contribution in [0.2, 0.25) is 0 Å². The molecule has 48 heavy (non-hydrogen) atoms. The molecule has 1 fully saturated rings. The van der Waals surface area contributed by atoms with E-state index in [-0.39, 0.29) is 23.7 Å². The summed E-state index contributed by atoms with van der Waals surface area (Å²) in [6.07, 6.45) is 2.59. The summed E-state index contributed by atoms with van der Waals surface area (Å²) in [7, 11) is 1.57. The van der Waals surface area contributed by atoms with Crippen LogP contribution < -0.4 is 15.4 Å². The zero-order valence-corrected chi connectivity index (χ0v) is 31.2. The van der Waals surface area contributed by atoms with E-state index in [0.29, 0.717) is 33.2 Å². The third-order valence-corrected chi connectivity index (χ3v) is 9.36. The molecule has 2 aromatic rings. The molecule has 3 atom stereocenters. The number of amides is 2. The van der Waals surface area contributed by atoms with Gasteiger partial charge in [0.05, 0.1) is 7.11 Å². The van der Waals surface area contributed by atoms with Gasteiger partial charge in [-0.25, -0.2) is 14.6 Å². The first-order valence-corrected chi connectivity index (χ1v) is 18.5. The fraction of sp³-hybridized carbons (Fsp3) is 0.438. The first-order valence-electron chi connectivity index (χ1n) is 15.0. The van der Waals surface area contributed by atoms with Crippen LogP contribution >= 0.6 is 45.7 Å². The molecule has 1 aromatic carbocycles. The van der Waals surface area contributed by atoms with Gasteiger partial charge in [-0.3, -0.25) is 14.5 Å². The number of anilines is 1. The van der Waals surface area contributed by atoms with Gasteiger partial charge in [-0.1, -0.05) is 52.0 Å². The predicted molar refractivity (Wildman–Crippen MR) is 192 cm³/mol. The summed E-state index contributed by atoms with van der Waals surface area (Å²) in [5.41, 5.74) is 0.768. The number of alkyl halides is 1. The number of allylic oxidation sites excluding steroid dienone is 2. The van der Waals surface area contributed by atoms with E-state index in [1.54, 1.807) is 57.5 Å². The molecule has 0 saturated carbocycles. The van der Waals surface area contributed by atoms with Gasteiger partial charge in [0.25, 0.3) is 11.8 Å². The molecule has 2 aliphatic heterocycles. The number of carbonyl (C=O) groups excluding carboxylic acids is 4. The van der Waals surface area contributed by atoms with Crippen LogP contribution in [0.1, 0.15) is 45.9 Å². The van der Waals surface area contributed by atoms with Gasteiger partial charge in [-0.05, 0) is 57.9 Å². The van der Waals surface area contributed by atoms with Crippen LogP contribution in [-0.4, -0.2) is 86.3 Å². The molecule has 0 bridgehead atoms. The molecule has 4 rings (SSSR count). The van der Waals surface area contributed by atoms with E-state index in [4.69, 9.17) is 19.0 Å². The smallest absolute Gasteiger partial charge is 0.355 e. The number of oxime groups is 1. The summed E-state index contributed by atoms with van der Waals surface area (Å²) < 4.78 is 16.9. The van der Waals surface area contributed by atoms with Crippen molar-refractivity contribution < 1.29 is 38.2 Å². The topological polar surface area (TPSA) is 158 Å². The number of halogens is 1. The van der Waals surface area contributed by atoms with Crippen molar-refractivity contribution in [3.8, 4) is 5.75 Å². The number of benzene rings is 1. The molecule has 3 heterocycles. The minimum absolute atomic E-state index is 0.000327. The Bertz CT molecular complexity index is 1600. The van der Waals surface area contributed by atoms with Crippen LogP contribution in [0.5, 0.6) is 5.75 Å². The maximum Gasteiger partial charge on any atom is 0.355 e. The van der Waals surface area contributed by atoms with Gasteiger partial charge >= 0.3 is 11.9 Å². The van der Waals surface area contributed by atoms with E-state index >= 15 is 0 Å². The Kier molecular flexibility index (Phi) is 12.9. The second-order valence-corrected chi connectivity index (χ2v) is 14.3. The number of methoxy groups -OCH3 is 1. The minimum Gasteiger partial charge on any atom is -0.497 e. The average molecular weight is 812 g/mol. The van der Waals surface area contributed by atoms with Gasteiger partial charge in [0.1, 0.15) is 40.8 Å². The molecule has 1 aromatic heterocycles. The lowest BCUT2D eigenvalue weighted by atomic mass is 10.0. The number of fused-ring (bicyclic) bond motifs is 1. The van der Waals surface area contributed by atoms with E-state index in [0.717, 1.165) is 5.56 Å². The Labute approximate surface area is 301 Å². The zero-order chi connectivity index (χ0) is 35.0. The summed E-state index contributed by atoms with van der Waals surface area (Å²) in [5, 5.41) is 11.4. The fourth-order valence-corrected chi connectivity index (χ4v) is 6.81. The number of esters is 2. The number of rotatable bonds is 14. The Hall–Kier alpha value is -3.64. The largest absolute Gasteiger partial charge is 0.497 e. The maximum absolute atomic E-state index is 13.7. The number of hydrogen-bond donors (Lipinski definition) is 2. The normalized spacial score (nSPS) is 18.5. The molecule has 258 valence electrons. The predicted octanol–water partition coefficient (Wildman–Crippen LogP) is 4.42. The number of nitrogens with zero attached hydrogens (tertiary/aromatic N) is 3. The van der Waals surface area contributed by atoms with Gasteiger partial charge in [0, 0.05) is 22.1 Å². The van der Waals surface area contributed by atoms with Crippen LogP contribution in [-0.2, 0) is 40.1 Å². The third kappa shape index (κ3) is 9.28. The molecule has 2 amide bonds. The number of carbonyl (C=O) groups is 4. The molecule has 0 spiro atoms. The van der Waals surface area contributed by atoms with Gasteiger partial charge in [0.2, 0.25) is 6.10 Å². The number of hydrogen-bond acceptors (Lipinski definition) is 13. The Morgan fingerprint density at radius 2 is 1.96 bits per heavy atom. The second-order valence-electron chi connectivity index (χ2n) is 11.5. The summed E-state index contributed by atoms with van der Waals surface area (Å²) >= 11 is 4.86. The van der Waals surface area contributed by atoms with E-state index in [1.165, 1.54) is 34.9 Å². The van der Waals surface area contributed by atoms with Crippen molar-refractivity contribution in [1.29, 1.82) is 0 Å². The molecule has 16 heteroatoms. The van der Waals surface area contributed by atoms with Crippen molar-refractivity contribution >= 4 is 80.3 Å². The lowest BCUT2D eigenvalue weighted by Crippen LogP contribution is -2.71. The summed E-state index contributed by atoms with van der Waals surface area (Å²) in [5.74, 6) is -1.43. The molecule has 2 N–H and O–H groups in total. The minimum atomic E-state index is -1.13. The van der Waals surface area contributed by atoms with Crippen LogP contribution in [0.4, 0.5) is 5.13 Å². The Morgan fingerprint density at radius 3 is 2.60 bits per heavy atom. The zero-order valence-electron chi connectivity index (χ0n) is 27.4. The highest BCUT2D eigenvalue weighted by Gasteiger charge is 2.54. The number of aromatic nitrogens is 1. The van der Waals surface area contributed by atoms with Crippen molar-refractivity contribution in [2.24, 2.45) is 5.16 Å². The number of thioether (sulfide) groups is 1. The first-order chi connectivity index (χ1) is 22.9. The summed E-state index contributed by atoms with van der Waals surface area (Å²) in [6, 6.07) is 6.15. The Morgan fingerprint density at radius 1 is 1.23 bits per heavy atom. The van der Waals surface area contributed by atoms with E-state index < -0.39 is 46.9 Å². The molecular formula is C32H38IN5O8S2. The Balaban J connectivity index is 1.53. The number of β-lactam (4-membered cyclic amide) rings is 1. The fourth-order valence-electron chi connectivity index (χ4n) is 4.47. The molecule has 1 saturated heterocycles. The number of thiazole rings is 1. The van der Waals surface area contributed by atoms with Gasteiger partial charge in [-0.2, -0.15) is 0 Å². The van der Waals surface area contributed by atoms with Crippen LogP contribution in [0, 0.1) is 0 Å². The highest BCUT2D eigenvalue weighted by molar-refractivity contribution is 14.1. The van der Waals surface area contributed by atoms with Crippen molar-refractivity contribution in [3.63, 3.8) is 0 Å². The average Bonchev–Trinajstić information content (AvgIpc) is 3.52. The lowest BCUT2D eigenvalue weighted by Gasteiger charge is -2.49. The molecule has 13 nitrogen and oxygen atoms in total. The summed E-state index contributed by atoms with van der Waals surface area (Å²) in [6.45, 7) is 9.15. The first kappa shape index (κ1) is 37.2. The van der Waals surface area contributed by atoms with Crippen molar-refractivity contribution in [2.45, 2.75) is 64.3 Å². The molecule has 0 radical (unpaired) electrons. The highest BCUT2D eigenvalue weighted by Crippen LogP contribution is 2.41. The van der Waals surface area contributed by atoms with Gasteiger partial charge in [0.15, 0.2) is 10.8 Å².